The number of hydrogen-bond acceptors (Lipinski definition) is 4. The van der Waals surface area contributed by atoms with Crippen molar-refractivity contribution in [3.63, 3.8) is 0 Å². The lowest BCUT2D eigenvalue weighted by atomic mass is 9.74. The molecule has 0 bridgehead atoms. The molecule has 0 unspecified atom stereocenters. The fourth-order valence-electron chi connectivity index (χ4n) is 2.85. The molecule has 0 spiro atoms. The summed E-state index contributed by atoms with van der Waals surface area (Å²) in [7, 11) is -0.375. The maximum Gasteiger partial charge on any atom is 0.494 e. The summed E-state index contributed by atoms with van der Waals surface area (Å²) in [5, 5.41) is 5.17. The highest BCUT2D eigenvalue weighted by molar-refractivity contribution is 6.62. The SMILES string of the molecule is Cc1noc2c(C(C)(C)C)cc(B3OC(C)(C)C(C)(C)O3)cc12. The second-order valence-corrected chi connectivity index (χ2v) is 8.55. The van der Waals surface area contributed by atoms with Crippen LogP contribution in [0.5, 0.6) is 0 Å². The van der Waals surface area contributed by atoms with Crippen molar-refractivity contribution in [2.24, 2.45) is 0 Å². The summed E-state index contributed by atoms with van der Waals surface area (Å²) in [6.45, 7) is 16.8. The Morgan fingerprint density at radius 1 is 1.00 bits per heavy atom. The third kappa shape index (κ3) is 2.60. The summed E-state index contributed by atoms with van der Waals surface area (Å²) in [6.07, 6.45) is 0. The normalized spacial score (nSPS) is 20.4. The van der Waals surface area contributed by atoms with Crippen LogP contribution in [0.25, 0.3) is 11.0 Å². The number of nitrogens with zero attached hydrogens (tertiary/aromatic N) is 1. The predicted molar refractivity (Wildman–Crippen MR) is 93.2 cm³/mol. The summed E-state index contributed by atoms with van der Waals surface area (Å²) in [6, 6.07) is 4.22. The van der Waals surface area contributed by atoms with Gasteiger partial charge in [-0.15, -0.1) is 0 Å². The van der Waals surface area contributed by atoms with Crippen LogP contribution >= 0.6 is 0 Å². The molecular formula is C18H26BNO3. The highest BCUT2D eigenvalue weighted by Crippen LogP contribution is 2.37. The van der Waals surface area contributed by atoms with Gasteiger partial charge in [-0.1, -0.05) is 32.0 Å². The standard InChI is InChI=1S/C18H26BNO3/c1-11-13-9-12(19-22-17(5,6)18(7,8)23-19)10-14(16(2,3)4)15(13)21-20-11/h9-10H,1-8H3. The predicted octanol–water partition coefficient (Wildman–Crippen LogP) is 3.73. The van der Waals surface area contributed by atoms with Gasteiger partial charge in [-0.2, -0.15) is 0 Å². The van der Waals surface area contributed by atoms with Crippen molar-refractivity contribution in [3.05, 3.63) is 23.4 Å². The first-order chi connectivity index (χ1) is 10.4. The first-order valence-corrected chi connectivity index (χ1v) is 8.18. The molecule has 1 aromatic carbocycles. The summed E-state index contributed by atoms with van der Waals surface area (Å²) in [5.74, 6) is 0. The monoisotopic (exact) mass is 315 g/mol. The summed E-state index contributed by atoms with van der Waals surface area (Å²) >= 11 is 0. The second-order valence-electron chi connectivity index (χ2n) is 8.55. The van der Waals surface area contributed by atoms with Gasteiger partial charge in [0, 0.05) is 10.9 Å². The number of aromatic nitrogens is 1. The highest BCUT2D eigenvalue weighted by atomic mass is 16.7. The molecule has 1 aliphatic heterocycles. The van der Waals surface area contributed by atoms with Crippen LogP contribution in [0, 0.1) is 6.92 Å². The van der Waals surface area contributed by atoms with Crippen LogP contribution in [0.15, 0.2) is 16.7 Å². The fraction of sp³-hybridized carbons (Fsp3) is 0.611. The first kappa shape index (κ1) is 16.5. The van der Waals surface area contributed by atoms with E-state index in [1.807, 2.05) is 6.92 Å². The second kappa shape index (κ2) is 4.84. The minimum atomic E-state index is -0.375. The first-order valence-electron chi connectivity index (χ1n) is 8.18. The topological polar surface area (TPSA) is 44.5 Å². The van der Waals surface area contributed by atoms with Gasteiger partial charge in [0.1, 0.15) is 0 Å². The molecule has 0 aliphatic carbocycles. The van der Waals surface area contributed by atoms with Crippen LogP contribution in [0.1, 0.15) is 59.7 Å². The van der Waals surface area contributed by atoms with Crippen molar-refractivity contribution in [1.29, 1.82) is 0 Å². The molecule has 1 fully saturated rings. The molecule has 2 aromatic rings. The zero-order valence-electron chi connectivity index (χ0n) is 15.4. The van der Waals surface area contributed by atoms with Gasteiger partial charge in [-0.05, 0) is 51.6 Å². The van der Waals surface area contributed by atoms with E-state index < -0.39 is 0 Å². The van der Waals surface area contributed by atoms with E-state index in [9.17, 15) is 0 Å². The number of fused-ring (bicyclic) bond motifs is 1. The maximum atomic E-state index is 6.21. The molecule has 5 heteroatoms. The Morgan fingerprint density at radius 2 is 1.57 bits per heavy atom. The van der Waals surface area contributed by atoms with Gasteiger partial charge >= 0.3 is 7.12 Å². The lowest BCUT2D eigenvalue weighted by molar-refractivity contribution is 0.00578. The van der Waals surface area contributed by atoms with Crippen molar-refractivity contribution in [2.45, 2.75) is 72.0 Å². The Bertz CT molecular complexity index is 739. The zero-order chi connectivity index (χ0) is 17.2. The van der Waals surface area contributed by atoms with E-state index in [0.29, 0.717) is 0 Å². The van der Waals surface area contributed by atoms with Gasteiger partial charge in [0.25, 0.3) is 0 Å². The number of aryl methyl sites for hydroxylation is 1. The zero-order valence-corrected chi connectivity index (χ0v) is 15.4. The van der Waals surface area contributed by atoms with E-state index >= 15 is 0 Å². The Labute approximate surface area is 138 Å². The van der Waals surface area contributed by atoms with Crippen LogP contribution < -0.4 is 5.46 Å². The molecular weight excluding hydrogens is 289 g/mol. The minimum Gasteiger partial charge on any atom is -0.399 e. The van der Waals surface area contributed by atoms with Gasteiger partial charge in [0.15, 0.2) is 5.58 Å². The lowest BCUT2D eigenvalue weighted by Gasteiger charge is -2.32. The largest absolute Gasteiger partial charge is 0.494 e. The van der Waals surface area contributed by atoms with Crippen LogP contribution in [-0.2, 0) is 14.7 Å². The van der Waals surface area contributed by atoms with Gasteiger partial charge in [-0.3, -0.25) is 0 Å². The Morgan fingerprint density at radius 3 is 2.09 bits per heavy atom. The van der Waals surface area contributed by atoms with Gasteiger partial charge in [0.05, 0.1) is 16.9 Å². The van der Waals surface area contributed by atoms with Crippen molar-refractivity contribution < 1.29 is 13.8 Å². The summed E-state index contributed by atoms with van der Waals surface area (Å²) in [4.78, 5) is 0. The van der Waals surface area contributed by atoms with E-state index in [1.54, 1.807) is 0 Å². The highest BCUT2D eigenvalue weighted by Gasteiger charge is 2.52. The molecule has 23 heavy (non-hydrogen) atoms. The molecule has 4 nitrogen and oxygen atoms in total. The molecule has 0 saturated carbocycles. The van der Waals surface area contributed by atoms with E-state index in [0.717, 1.165) is 27.7 Å². The number of hydrogen-bond donors (Lipinski definition) is 0. The van der Waals surface area contributed by atoms with Crippen LogP contribution in [0.4, 0.5) is 0 Å². The molecule has 0 radical (unpaired) electrons. The molecule has 2 heterocycles. The average Bonchev–Trinajstić information content (AvgIpc) is 2.86. The third-order valence-electron chi connectivity index (χ3n) is 5.11. The molecule has 0 amide bonds. The summed E-state index contributed by atoms with van der Waals surface area (Å²) < 4.78 is 18.0. The Kier molecular flexibility index (Phi) is 3.48. The number of rotatable bonds is 1. The van der Waals surface area contributed by atoms with Gasteiger partial charge < -0.3 is 13.8 Å². The van der Waals surface area contributed by atoms with Crippen molar-refractivity contribution in [1.82, 2.24) is 5.16 Å². The molecule has 1 saturated heterocycles. The molecule has 0 atom stereocenters. The van der Waals surface area contributed by atoms with Crippen LogP contribution in [0.3, 0.4) is 0 Å². The smallest absolute Gasteiger partial charge is 0.399 e. The van der Waals surface area contributed by atoms with Crippen molar-refractivity contribution >= 4 is 23.6 Å². The maximum absolute atomic E-state index is 6.21. The van der Waals surface area contributed by atoms with Crippen molar-refractivity contribution in [3.8, 4) is 0 Å². The average molecular weight is 315 g/mol. The molecule has 124 valence electrons. The molecule has 3 rings (SSSR count). The number of benzene rings is 1. The molecule has 0 N–H and O–H groups in total. The van der Waals surface area contributed by atoms with E-state index in [1.165, 1.54) is 0 Å². The fourth-order valence-corrected chi connectivity index (χ4v) is 2.85. The van der Waals surface area contributed by atoms with Gasteiger partial charge in [0.2, 0.25) is 0 Å². The van der Waals surface area contributed by atoms with Crippen LogP contribution in [0.2, 0.25) is 0 Å². The quantitative estimate of drug-likeness (QED) is 0.752. The van der Waals surface area contributed by atoms with Crippen molar-refractivity contribution in [2.75, 3.05) is 0 Å². The third-order valence-corrected chi connectivity index (χ3v) is 5.11. The Balaban J connectivity index is 2.15. The molecule has 1 aromatic heterocycles. The summed E-state index contributed by atoms with van der Waals surface area (Å²) in [5.41, 5.74) is 3.15. The molecule has 1 aliphatic rings. The minimum absolute atomic E-state index is 0.0517. The van der Waals surface area contributed by atoms with E-state index in [-0.39, 0.29) is 23.7 Å². The van der Waals surface area contributed by atoms with E-state index in [4.69, 9.17) is 13.8 Å². The van der Waals surface area contributed by atoms with Crippen LogP contribution in [-0.4, -0.2) is 23.5 Å². The Hall–Kier alpha value is -1.33. The van der Waals surface area contributed by atoms with E-state index in [2.05, 4.69) is 65.8 Å². The lowest BCUT2D eigenvalue weighted by Crippen LogP contribution is -2.41. The van der Waals surface area contributed by atoms with Gasteiger partial charge in [-0.25, -0.2) is 0 Å².